The molecule has 0 radical (unpaired) electrons. The molecule has 8 heavy (non-hydrogen) atoms. The maximum absolute atomic E-state index is 8.23. The topological polar surface area (TPSA) is 40.5 Å². The van der Waals surface area contributed by atoms with Crippen molar-refractivity contribution >= 4 is 7.12 Å². The average Bonchev–Trinajstić information content (AvgIpc) is 1.61. The van der Waals surface area contributed by atoms with Crippen LogP contribution in [-0.4, -0.2) is 17.2 Å². The van der Waals surface area contributed by atoms with Crippen LogP contribution in [0.3, 0.4) is 0 Å². The molecule has 2 N–H and O–H groups in total. The lowest BCUT2D eigenvalue weighted by Gasteiger charge is -1.84. The summed E-state index contributed by atoms with van der Waals surface area (Å²) in [5.74, 6) is 1.25. The lowest BCUT2D eigenvalue weighted by atomic mass is 9.91. The first-order valence-corrected chi connectivity index (χ1v) is 2.33. The van der Waals surface area contributed by atoms with Crippen LogP contribution in [0.25, 0.3) is 0 Å². The lowest BCUT2D eigenvalue weighted by molar-refractivity contribution is 0.424. The van der Waals surface area contributed by atoms with E-state index in [-0.39, 0.29) is 0 Å². The van der Waals surface area contributed by atoms with Crippen molar-refractivity contribution in [3.63, 3.8) is 0 Å². The van der Waals surface area contributed by atoms with Gasteiger partial charge >= 0.3 is 7.12 Å². The van der Waals surface area contributed by atoms with E-state index in [0.717, 1.165) is 5.57 Å². The molecule has 0 rings (SSSR count). The maximum atomic E-state index is 8.23. The van der Waals surface area contributed by atoms with Gasteiger partial charge in [0.2, 0.25) is 0 Å². The van der Waals surface area contributed by atoms with Crippen molar-refractivity contribution in [2.75, 3.05) is 0 Å². The SMILES string of the molecule is C=C(C)/C=C/B(O)O. The molecule has 0 aromatic rings. The first kappa shape index (κ1) is 7.46. The summed E-state index contributed by atoms with van der Waals surface area (Å²) in [5.41, 5.74) is 0.804. The first-order chi connectivity index (χ1) is 3.63. The zero-order valence-corrected chi connectivity index (χ0v) is 4.83. The fourth-order valence-electron chi connectivity index (χ4n) is 0.250. The van der Waals surface area contributed by atoms with E-state index in [1.165, 1.54) is 5.98 Å². The highest BCUT2D eigenvalue weighted by atomic mass is 16.4. The highest BCUT2D eigenvalue weighted by Crippen LogP contribution is 1.87. The zero-order valence-electron chi connectivity index (χ0n) is 4.83. The Morgan fingerprint density at radius 3 is 2.25 bits per heavy atom. The number of hydrogen-bond acceptors (Lipinski definition) is 2. The molecule has 0 spiro atoms. The van der Waals surface area contributed by atoms with Crippen molar-refractivity contribution in [1.29, 1.82) is 0 Å². The molecule has 2 nitrogen and oxygen atoms in total. The first-order valence-electron chi connectivity index (χ1n) is 2.33. The Morgan fingerprint density at radius 2 is 2.12 bits per heavy atom. The van der Waals surface area contributed by atoms with Gasteiger partial charge in [-0.1, -0.05) is 24.2 Å². The van der Waals surface area contributed by atoms with Crippen LogP contribution in [0.5, 0.6) is 0 Å². The van der Waals surface area contributed by atoms with Crippen LogP contribution in [-0.2, 0) is 0 Å². The van der Waals surface area contributed by atoms with Crippen LogP contribution in [0.1, 0.15) is 6.92 Å². The third-order valence-electron chi connectivity index (χ3n) is 0.553. The van der Waals surface area contributed by atoms with E-state index >= 15 is 0 Å². The van der Waals surface area contributed by atoms with Gasteiger partial charge in [0.25, 0.3) is 0 Å². The molecule has 0 heterocycles. The summed E-state index contributed by atoms with van der Waals surface area (Å²) in [6, 6.07) is 0. The fraction of sp³-hybridized carbons (Fsp3) is 0.200. The van der Waals surface area contributed by atoms with Crippen LogP contribution in [0.15, 0.2) is 24.2 Å². The van der Waals surface area contributed by atoms with Crippen molar-refractivity contribution in [2.24, 2.45) is 0 Å². The predicted molar refractivity (Wildman–Crippen MR) is 34.1 cm³/mol. The third-order valence-corrected chi connectivity index (χ3v) is 0.553. The van der Waals surface area contributed by atoms with Crippen LogP contribution >= 0.6 is 0 Å². The largest absolute Gasteiger partial charge is 0.480 e. The maximum Gasteiger partial charge on any atom is 0.480 e. The molecule has 0 unspecified atom stereocenters. The molecule has 0 saturated carbocycles. The Morgan fingerprint density at radius 1 is 1.62 bits per heavy atom. The molecule has 0 amide bonds. The van der Waals surface area contributed by atoms with Gasteiger partial charge in [-0.25, -0.2) is 0 Å². The molecule has 0 aromatic heterocycles. The molecule has 0 aliphatic rings. The number of allylic oxidation sites excluding steroid dienone is 2. The third kappa shape index (κ3) is 5.46. The van der Waals surface area contributed by atoms with Gasteiger partial charge in [0.1, 0.15) is 0 Å². The Hall–Kier alpha value is -0.535. The average molecular weight is 112 g/mol. The van der Waals surface area contributed by atoms with E-state index in [2.05, 4.69) is 6.58 Å². The molecule has 0 bridgehead atoms. The van der Waals surface area contributed by atoms with Gasteiger partial charge in [0, 0.05) is 0 Å². The molecule has 0 aliphatic carbocycles. The quantitative estimate of drug-likeness (QED) is 0.393. The minimum atomic E-state index is -1.35. The molecule has 0 aromatic carbocycles. The minimum Gasteiger partial charge on any atom is -0.424 e. The Balaban J connectivity index is 3.50. The summed E-state index contributed by atoms with van der Waals surface area (Å²) in [6.07, 6.45) is 1.55. The van der Waals surface area contributed by atoms with Gasteiger partial charge in [-0.05, 0) is 6.92 Å². The monoisotopic (exact) mass is 112 g/mol. The Labute approximate surface area is 49.3 Å². The van der Waals surface area contributed by atoms with Gasteiger partial charge in [0.15, 0.2) is 0 Å². The summed E-state index contributed by atoms with van der Waals surface area (Å²) in [7, 11) is -1.35. The normalized spacial score (nSPS) is 9.88. The fourth-order valence-corrected chi connectivity index (χ4v) is 0.250. The van der Waals surface area contributed by atoms with Crippen molar-refractivity contribution in [1.82, 2.24) is 0 Å². The van der Waals surface area contributed by atoms with E-state index < -0.39 is 7.12 Å². The molecule has 0 atom stereocenters. The summed E-state index contributed by atoms with van der Waals surface area (Å²) >= 11 is 0. The van der Waals surface area contributed by atoms with Gasteiger partial charge in [-0.2, -0.15) is 0 Å². The van der Waals surface area contributed by atoms with E-state index in [1.807, 2.05) is 0 Å². The smallest absolute Gasteiger partial charge is 0.424 e. The highest BCUT2D eigenvalue weighted by molar-refractivity contribution is 6.47. The zero-order chi connectivity index (χ0) is 6.57. The van der Waals surface area contributed by atoms with Crippen LogP contribution in [0.4, 0.5) is 0 Å². The van der Waals surface area contributed by atoms with Crippen molar-refractivity contribution in [3.8, 4) is 0 Å². The van der Waals surface area contributed by atoms with Crippen LogP contribution < -0.4 is 0 Å². The Kier molecular flexibility index (Phi) is 3.23. The summed E-state index contributed by atoms with van der Waals surface area (Å²) in [4.78, 5) is 0. The second-order valence-electron chi connectivity index (χ2n) is 1.62. The van der Waals surface area contributed by atoms with E-state index in [1.54, 1.807) is 13.0 Å². The van der Waals surface area contributed by atoms with E-state index in [0.29, 0.717) is 0 Å². The minimum absolute atomic E-state index is 0.804. The van der Waals surface area contributed by atoms with Crippen LogP contribution in [0, 0.1) is 0 Å². The number of rotatable bonds is 2. The molecule has 3 heteroatoms. The second kappa shape index (κ2) is 3.46. The highest BCUT2D eigenvalue weighted by Gasteiger charge is 1.95. The van der Waals surface area contributed by atoms with Crippen LogP contribution in [0.2, 0.25) is 0 Å². The molecule has 44 valence electrons. The summed E-state index contributed by atoms with van der Waals surface area (Å²) in [6.45, 7) is 5.29. The predicted octanol–water partition coefficient (Wildman–Crippen LogP) is 0.131. The Bertz CT molecular complexity index is 107. The second-order valence-corrected chi connectivity index (χ2v) is 1.62. The molecule has 0 aliphatic heterocycles. The van der Waals surface area contributed by atoms with Gasteiger partial charge in [0.05, 0.1) is 0 Å². The van der Waals surface area contributed by atoms with E-state index in [4.69, 9.17) is 10.0 Å². The molecule has 0 saturated heterocycles. The van der Waals surface area contributed by atoms with Gasteiger partial charge in [-0.3, -0.25) is 0 Å². The summed E-state index contributed by atoms with van der Waals surface area (Å²) < 4.78 is 0. The molecular weight excluding hydrogens is 103 g/mol. The number of hydrogen-bond donors (Lipinski definition) is 2. The van der Waals surface area contributed by atoms with Crippen molar-refractivity contribution in [3.05, 3.63) is 24.2 Å². The van der Waals surface area contributed by atoms with Gasteiger partial charge in [-0.15, -0.1) is 0 Å². The molecule has 0 fully saturated rings. The van der Waals surface area contributed by atoms with Gasteiger partial charge < -0.3 is 10.0 Å². The van der Waals surface area contributed by atoms with Crippen molar-refractivity contribution in [2.45, 2.75) is 6.92 Å². The van der Waals surface area contributed by atoms with Crippen molar-refractivity contribution < 1.29 is 10.0 Å². The standard InChI is InChI=1S/C5H9BO2/c1-5(2)3-4-6(7)8/h3-4,7-8H,1H2,2H3/b4-3+. The molecular formula is C5H9BO2. The van der Waals surface area contributed by atoms with E-state index in [9.17, 15) is 0 Å². The summed E-state index contributed by atoms with van der Waals surface area (Å²) in [5, 5.41) is 16.5. The lowest BCUT2D eigenvalue weighted by Crippen LogP contribution is -2.05.